The quantitative estimate of drug-likeness (QED) is 0.757. The Kier molecular flexibility index (Phi) is 3.46. The summed E-state index contributed by atoms with van der Waals surface area (Å²) in [5, 5.41) is 7.30. The summed E-state index contributed by atoms with van der Waals surface area (Å²) < 4.78 is 1.54. The Morgan fingerprint density at radius 1 is 1.10 bits per heavy atom. The number of hydrogen-bond acceptors (Lipinski definition) is 6. The first-order valence-corrected chi connectivity index (χ1v) is 6.55. The van der Waals surface area contributed by atoms with E-state index in [1.165, 1.54) is 4.68 Å². The molecule has 3 rings (SSSR count). The maximum absolute atomic E-state index is 5.74. The predicted octanol–water partition coefficient (Wildman–Crippen LogP) is 1.81. The molecule has 3 aromatic rings. The number of aromatic nitrogens is 5. The van der Waals surface area contributed by atoms with Crippen molar-refractivity contribution in [3.63, 3.8) is 0 Å². The number of rotatable bonds is 4. The van der Waals surface area contributed by atoms with Gasteiger partial charge in [-0.25, -0.2) is 4.68 Å². The van der Waals surface area contributed by atoms with Crippen molar-refractivity contribution < 1.29 is 0 Å². The molecular weight excluding hydrogens is 266 g/mol. The molecule has 7 heteroatoms. The van der Waals surface area contributed by atoms with Gasteiger partial charge >= 0.3 is 0 Å². The van der Waals surface area contributed by atoms with Gasteiger partial charge in [0.2, 0.25) is 11.9 Å². The maximum atomic E-state index is 5.74. The van der Waals surface area contributed by atoms with Crippen LogP contribution < -0.4 is 11.1 Å². The molecule has 1 atom stereocenters. The molecule has 0 spiro atoms. The molecule has 0 radical (unpaired) electrons. The highest BCUT2D eigenvalue weighted by molar-refractivity contribution is 5.37. The van der Waals surface area contributed by atoms with Crippen LogP contribution in [-0.2, 0) is 0 Å². The summed E-state index contributed by atoms with van der Waals surface area (Å²) >= 11 is 0. The smallest absolute Gasteiger partial charge is 0.257 e. The van der Waals surface area contributed by atoms with Crippen molar-refractivity contribution in [3.8, 4) is 5.95 Å². The summed E-state index contributed by atoms with van der Waals surface area (Å²) in [4.78, 5) is 12.5. The lowest BCUT2D eigenvalue weighted by atomic mass is 10.1. The Bertz CT molecular complexity index is 709. The van der Waals surface area contributed by atoms with Crippen LogP contribution in [0.2, 0.25) is 0 Å². The SMILES string of the molecule is CC(Nc1nc(N)nc(-n2cccn2)n1)c1ccccc1. The molecule has 7 nitrogen and oxygen atoms in total. The average Bonchev–Trinajstić information content (AvgIpc) is 3.02. The predicted molar refractivity (Wildman–Crippen MR) is 79.8 cm³/mol. The third-order valence-electron chi connectivity index (χ3n) is 3.00. The molecule has 0 fully saturated rings. The van der Waals surface area contributed by atoms with Crippen LogP contribution in [0.5, 0.6) is 0 Å². The first-order chi connectivity index (χ1) is 10.2. The average molecular weight is 281 g/mol. The van der Waals surface area contributed by atoms with Crippen molar-refractivity contribution >= 4 is 11.9 Å². The fourth-order valence-electron chi connectivity index (χ4n) is 1.95. The van der Waals surface area contributed by atoms with Crippen LogP contribution in [0, 0.1) is 0 Å². The Morgan fingerprint density at radius 2 is 1.90 bits per heavy atom. The van der Waals surface area contributed by atoms with Crippen LogP contribution in [0.1, 0.15) is 18.5 Å². The second-order valence-electron chi connectivity index (χ2n) is 4.54. The van der Waals surface area contributed by atoms with Crippen LogP contribution >= 0.6 is 0 Å². The van der Waals surface area contributed by atoms with Crippen LogP contribution in [0.4, 0.5) is 11.9 Å². The first-order valence-electron chi connectivity index (χ1n) is 6.55. The lowest BCUT2D eigenvalue weighted by Crippen LogP contribution is -2.14. The highest BCUT2D eigenvalue weighted by atomic mass is 15.4. The molecule has 1 aromatic carbocycles. The zero-order valence-corrected chi connectivity index (χ0v) is 11.5. The van der Waals surface area contributed by atoms with E-state index in [0.29, 0.717) is 11.9 Å². The van der Waals surface area contributed by atoms with Gasteiger partial charge in [-0.05, 0) is 18.6 Å². The zero-order valence-electron chi connectivity index (χ0n) is 11.5. The van der Waals surface area contributed by atoms with Crippen molar-refractivity contribution in [2.75, 3.05) is 11.1 Å². The van der Waals surface area contributed by atoms with E-state index in [0.717, 1.165) is 5.56 Å². The molecule has 0 aliphatic carbocycles. The lowest BCUT2D eigenvalue weighted by Gasteiger charge is -2.14. The zero-order chi connectivity index (χ0) is 14.7. The molecule has 2 aromatic heterocycles. The highest BCUT2D eigenvalue weighted by Crippen LogP contribution is 2.17. The topological polar surface area (TPSA) is 94.5 Å². The highest BCUT2D eigenvalue weighted by Gasteiger charge is 2.10. The normalized spacial score (nSPS) is 12.0. The summed E-state index contributed by atoms with van der Waals surface area (Å²) in [5.74, 6) is 0.956. The standard InChI is InChI=1S/C14H15N7/c1-10(11-6-3-2-4-7-11)17-13-18-12(15)19-14(20-13)21-9-5-8-16-21/h2-10H,1H3,(H3,15,17,18,19,20). The van der Waals surface area contributed by atoms with Crippen LogP contribution in [0.3, 0.4) is 0 Å². The second-order valence-corrected chi connectivity index (χ2v) is 4.54. The molecule has 0 saturated carbocycles. The van der Waals surface area contributed by atoms with E-state index in [4.69, 9.17) is 5.73 Å². The summed E-state index contributed by atoms with van der Waals surface area (Å²) in [6.07, 6.45) is 3.40. The van der Waals surface area contributed by atoms with Gasteiger partial charge in [-0.2, -0.15) is 20.1 Å². The summed E-state index contributed by atoms with van der Waals surface area (Å²) in [6.45, 7) is 2.03. The Hall–Kier alpha value is -2.96. The minimum Gasteiger partial charge on any atom is -0.368 e. The Morgan fingerprint density at radius 3 is 2.62 bits per heavy atom. The van der Waals surface area contributed by atoms with E-state index in [9.17, 15) is 0 Å². The van der Waals surface area contributed by atoms with Crippen molar-refractivity contribution in [1.29, 1.82) is 0 Å². The van der Waals surface area contributed by atoms with Crippen molar-refractivity contribution in [2.24, 2.45) is 0 Å². The number of anilines is 2. The van der Waals surface area contributed by atoms with Crippen molar-refractivity contribution in [3.05, 3.63) is 54.4 Å². The minimum absolute atomic E-state index is 0.0541. The summed E-state index contributed by atoms with van der Waals surface area (Å²) in [5.41, 5.74) is 6.87. The molecule has 21 heavy (non-hydrogen) atoms. The van der Waals surface area contributed by atoms with Gasteiger partial charge in [0.25, 0.3) is 5.95 Å². The fourth-order valence-corrected chi connectivity index (χ4v) is 1.95. The van der Waals surface area contributed by atoms with Gasteiger partial charge in [0.05, 0.1) is 6.04 Å². The molecule has 1 unspecified atom stereocenters. The van der Waals surface area contributed by atoms with Gasteiger partial charge in [0.15, 0.2) is 0 Å². The molecule has 0 saturated heterocycles. The summed E-state index contributed by atoms with van der Waals surface area (Å²) in [6, 6.07) is 11.9. The van der Waals surface area contributed by atoms with Crippen molar-refractivity contribution in [2.45, 2.75) is 13.0 Å². The number of nitrogen functional groups attached to an aromatic ring is 1. The minimum atomic E-state index is 0.0541. The maximum Gasteiger partial charge on any atom is 0.257 e. The first kappa shape index (κ1) is 13.0. The molecule has 106 valence electrons. The van der Waals surface area contributed by atoms with E-state index in [1.807, 2.05) is 37.3 Å². The number of benzene rings is 1. The van der Waals surface area contributed by atoms with Crippen LogP contribution in [-0.4, -0.2) is 24.7 Å². The van der Waals surface area contributed by atoms with E-state index >= 15 is 0 Å². The Labute approximate surface area is 121 Å². The Balaban J connectivity index is 1.86. The third kappa shape index (κ3) is 2.97. The van der Waals surface area contributed by atoms with Crippen LogP contribution in [0.25, 0.3) is 5.95 Å². The van der Waals surface area contributed by atoms with Crippen LogP contribution in [0.15, 0.2) is 48.8 Å². The van der Waals surface area contributed by atoms with E-state index < -0.39 is 0 Å². The van der Waals surface area contributed by atoms with E-state index in [2.05, 4.69) is 25.4 Å². The van der Waals surface area contributed by atoms with E-state index in [1.54, 1.807) is 18.5 Å². The molecule has 0 bridgehead atoms. The second kappa shape index (κ2) is 5.58. The molecule has 0 aliphatic heterocycles. The van der Waals surface area contributed by atoms with Gasteiger partial charge in [0, 0.05) is 12.4 Å². The monoisotopic (exact) mass is 281 g/mol. The molecular formula is C14H15N7. The van der Waals surface area contributed by atoms with Gasteiger partial charge in [-0.3, -0.25) is 0 Å². The molecule has 0 amide bonds. The number of nitrogens with two attached hydrogens (primary N) is 1. The fraction of sp³-hybridized carbons (Fsp3) is 0.143. The molecule has 3 N–H and O–H groups in total. The number of nitrogens with one attached hydrogen (secondary N) is 1. The largest absolute Gasteiger partial charge is 0.368 e. The van der Waals surface area contributed by atoms with E-state index in [-0.39, 0.29) is 12.0 Å². The number of nitrogens with zero attached hydrogens (tertiary/aromatic N) is 5. The summed E-state index contributed by atoms with van der Waals surface area (Å²) in [7, 11) is 0. The molecule has 2 heterocycles. The third-order valence-corrected chi connectivity index (χ3v) is 3.00. The lowest BCUT2D eigenvalue weighted by molar-refractivity contribution is 0.787. The molecule has 0 aliphatic rings. The van der Waals surface area contributed by atoms with Gasteiger partial charge in [-0.1, -0.05) is 30.3 Å². The van der Waals surface area contributed by atoms with Gasteiger partial charge in [-0.15, -0.1) is 0 Å². The van der Waals surface area contributed by atoms with Gasteiger partial charge < -0.3 is 11.1 Å². The van der Waals surface area contributed by atoms with Crippen molar-refractivity contribution in [1.82, 2.24) is 24.7 Å². The van der Waals surface area contributed by atoms with Gasteiger partial charge in [0.1, 0.15) is 0 Å². The number of hydrogen-bond donors (Lipinski definition) is 2.